The van der Waals surface area contributed by atoms with Gasteiger partial charge in [-0.15, -0.1) is 0 Å². The molecule has 0 aromatic rings. The minimum Gasteiger partial charge on any atom is -0.308 e. The molecule has 1 unspecified atom stereocenters. The fraction of sp³-hybridized carbons (Fsp3) is 0.833. The molecule has 1 atom stereocenters. The van der Waals surface area contributed by atoms with Crippen molar-refractivity contribution in [3.05, 3.63) is 11.6 Å². The van der Waals surface area contributed by atoms with E-state index in [4.69, 9.17) is 11.6 Å². The van der Waals surface area contributed by atoms with E-state index in [2.05, 4.69) is 23.7 Å². The highest BCUT2D eigenvalue weighted by atomic mass is 35.5. The molecule has 1 saturated carbocycles. The van der Waals surface area contributed by atoms with E-state index in [9.17, 15) is 0 Å². The fourth-order valence-corrected chi connectivity index (χ4v) is 3.07. The lowest BCUT2D eigenvalue weighted by Gasteiger charge is -2.45. The molecule has 1 spiro atoms. The maximum atomic E-state index is 5.92. The number of nitrogens with zero attached hydrogens (tertiary/aromatic N) is 1. The summed E-state index contributed by atoms with van der Waals surface area (Å²) in [4.78, 5) is 2.47. The highest BCUT2D eigenvalue weighted by Crippen LogP contribution is 2.33. The quantitative estimate of drug-likeness (QED) is 0.781. The van der Waals surface area contributed by atoms with E-state index in [1.54, 1.807) is 0 Å². The van der Waals surface area contributed by atoms with Gasteiger partial charge in [0, 0.05) is 36.2 Å². The van der Waals surface area contributed by atoms with Crippen LogP contribution < -0.4 is 5.32 Å². The van der Waals surface area contributed by atoms with Crippen molar-refractivity contribution >= 4 is 11.6 Å². The van der Waals surface area contributed by atoms with Crippen molar-refractivity contribution in [2.75, 3.05) is 19.6 Å². The lowest BCUT2D eigenvalue weighted by atomic mass is 9.92. The molecule has 2 fully saturated rings. The second-order valence-corrected chi connectivity index (χ2v) is 5.67. The van der Waals surface area contributed by atoms with Crippen molar-refractivity contribution in [3.63, 3.8) is 0 Å². The van der Waals surface area contributed by atoms with E-state index in [0.717, 1.165) is 24.7 Å². The molecule has 0 aromatic heterocycles. The zero-order valence-corrected chi connectivity index (χ0v) is 10.3. The molecule has 1 N–H and O–H groups in total. The Labute approximate surface area is 97.7 Å². The molecule has 1 aliphatic carbocycles. The highest BCUT2D eigenvalue weighted by Gasteiger charge is 2.39. The number of hydrogen-bond acceptors (Lipinski definition) is 2. The van der Waals surface area contributed by atoms with Gasteiger partial charge in [-0.2, -0.15) is 0 Å². The molecule has 0 aromatic carbocycles. The van der Waals surface area contributed by atoms with E-state index >= 15 is 0 Å². The van der Waals surface area contributed by atoms with Gasteiger partial charge in [0.2, 0.25) is 0 Å². The van der Waals surface area contributed by atoms with Crippen LogP contribution in [0.15, 0.2) is 11.6 Å². The first kappa shape index (κ1) is 11.4. The van der Waals surface area contributed by atoms with Crippen molar-refractivity contribution < 1.29 is 0 Å². The molecule has 1 saturated heterocycles. The molecule has 15 heavy (non-hydrogen) atoms. The Bertz CT molecular complexity index is 246. The van der Waals surface area contributed by atoms with Gasteiger partial charge < -0.3 is 5.32 Å². The Kier molecular flexibility index (Phi) is 3.39. The first-order valence-electron chi connectivity index (χ1n) is 5.94. The lowest BCUT2D eigenvalue weighted by molar-refractivity contribution is 0.0996. The van der Waals surface area contributed by atoms with Gasteiger partial charge in [-0.05, 0) is 19.8 Å². The summed E-state index contributed by atoms with van der Waals surface area (Å²) in [5.41, 5.74) is 0.388. The summed E-state index contributed by atoms with van der Waals surface area (Å²) in [5, 5.41) is 4.49. The van der Waals surface area contributed by atoms with Gasteiger partial charge in [-0.25, -0.2) is 0 Å². The van der Waals surface area contributed by atoms with Crippen molar-refractivity contribution in [2.24, 2.45) is 0 Å². The maximum absolute atomic E-state index is 5.92. The first-order valence-corrected chi connectivity index (χ1v) is 6.31. The summed E-state index contributed by atoms with van der Waals surface area (Å²) in [5.74, 6) is 0. The third-order valence-electron chi connectivity index (χ3n) is 3.84. The number of halogens is 1. The Balaban J connectivity index is 2.00. The van der Waals surface area contributed by atoms with Gasteiger partial charge in [-0.1, -0.05) is 31.0 Å². The van der Waals surface area contributed by atoms with E-state index in [-0.39, 0.29) is 0 Å². The molecule has 3 heteroatoms. The fourth-order valence-electron chi connectivity index (χ4n) is 2.91. The molecule has 1 heterocycles. The monoisotopic (exact) mass is 228 g/mol. The van der Waals surface area contributed by atoms with Crippen LogP contribution in [0.5, 0.6) is 0 Å². The van der Waals surface area contributed by atoms with E-state index in [0.29, 0.717) is 11.6 Å². The summed E-state index contributed by atoms with van der Waals surface area (Å²) < 4.78 is 0. The predicted molar refractivity (Wildman–Crippen MR) is 65.2 cm³/mol. The van der Waals surface area contributed by atoms with Gasteiger partial charge >= 0.3 is 0 Å². The Morgan fingerprint density at radius 2 is 2.20 bits per heavy atom. The number of piperazine rings is 1. The molecule has 2 nitrogen and oxygen atoms in total. The van der Waals surface area contributed by atoms with Crippen LogP contribution in [0.1, 0.15) is 32.6 Å². The third kappa shape index (κ3) is 2.55. The van der Waals surface area contributed by atoms with Gasteiger partial charge in [0.05, 0.1) is 0 Å². The molecule has 0 radical (unpaired) electrons. The molecular formula is C12H21ClN2. The summed E-state index contributed by atoms with van der Waals surface area (Å²) in [7, 11) is 0. The summed E-state index contributed by atoms with van der Waals surface area (Å²) in [6.45, 7) is 9.13. The smallest absolute Gasteiger partial charge is 0.0339 e. The Morgan fingerprint density at radius 1 is 1.53 bits per heavy atom. The molecule has 2 rings (SSSR count). The van der Waals surface area contributed by atoms with Crippen molar-refractivity contribution in [3.8, 4) is 0 Å². The van der Waals surface area contributed by atoms with Crippen LogP contribution in [0.3, 0.4) is 0 Å². The molecule has 86 valence electrons. The lowest BCUT2D eigenvalue weighted by Crippen LogP contribution is -2.62. The van der Waals surface area contributed by atoms with Gasteiger partial charge in [0.15, 0.2) is 0 Å². The Morgan fingerprint density at radius 3 is 2.80 bits per heavy atom. The summed E-state index contributed by atoms with van der Waals surface area (Å²) in [6, 6.07) is 0.576. The predicted octanol–water partition coefficient (Wildman–Crippen LogP) is 2.35. The molecule has 2 aliphatic rings. The van der Waals surface area contributed by atoms with Crippen molar-refractivity contribution in [1.29, 1.82) is 0 Å². The third-order valence-corrected chi connectivity index (χ3v) is 3.96. The number of rotatable bonds is 2. The topological polar surface area (TPSA) is 15.3 Å². The van der Waals surface area contributed by atoms with Crippen molar-refractivity contribution in [1.82, 2.24) is 10.2 Å². The average molecular weight is 229 g/mol. The summed E-state index contributed by atoms with van der Waals surface area (Å²) in [6.07, 6.45) is 5.39. The molecule has 0 amide bonds. The van der Waals surface area contributed by atoms with Crippen LogP contribution >= 0.6 is 11.6 Å². The largest absolute Gasteiger partial charge is 0.308 e. The van der Waals surface area contributed by atoms with Crippen LogP contribution in [0, 0.1) is 0 Å². The van der Waals surface area contributed by atoms with Gasteiger partial charge in [-0.3, -0.25) is 4.90 Å². The van der Waals surface area contributed by atoms with E-state index in [1.165, 1.54) is 25.7 Å². The molecular weight excluding hydrogens is 208 g/mol. The Hall–Kier alpha value is -0.0500. The maximum Gasteiger partial charge on any atom is 0.0339 e. The standard InChI is InChI=1S/C12H21ClN2/c1-10(13)8-15-9-12(5-3-4-6-12)14-7-11(15)2/h11,14H,1,3-9H2,2H3. The van der Waals surface area contributed by atoms with Crippen LogP contribution in [0.2, 0.25) is 0 Å². The zero-order valence-electron chi connectivity index (χ0n) is 9.56. The SMILES string of the molecule is C=C(Cl)CN1CC2(CCCC2)NCC1C. The van der Waals surface area contributed by atoms with Crippen LogP contribution in [0.4, 0.5) is 0 Å². The minimum atomic E-state index is 0.388. The second kappa shape index (κ2) is 4.44. The van der Waals surface area contributed by atoms with Crippen LogP contribution in [-0.4, -0.2) is 36.1 Å². The zero-order chi connectivity index (χ0) is 10.9. The van der Waals surface area contributed by atoms with Gasteiger partial charge in [0.1, 0.15) is 0 Å². The first-order chi connectivity index (χ1) is 7.11. The van der Waals surface area contributed by atoms with Crippen molar-refractivity contribution in [2.45, 2.75) is 44.2 Å². The second-order valence-electron chi connectivity index (χ2n) is 5.14. The molecule has 0 bridgehead atoms. The van der Waals surface area contributed by atoms with E-state index in [1.807, 2.05) is 0 Å². The van der Waals surface area contributed by atoms with E-state index < -0.39 is 0 Å². The average Bonchev–Trinajstić information content (AvgIpc) is 2.60. The number of nitrogens with one attached hydrogen (secondary N) is 1. The van der Waals surface area contributed by atoms with Crippen LogP contribution in [0.25, 0.3) is 0 Å². The molecule has 1 aliphatic heterocycles. The normalized spacial score (nSPS) is 30.9. The summed E-state index contributed by atoms with van der Waals surface area (Å²) >= 11 is 5.92. The van der Waals surface area contributed by atoms with Gasteiger partial charge in [0.25, 0.3) is 0 Å². The minimum absolute atomic E-state index is 0.388. The number of hydrogen-bond donors (Lipinski definition) is 1. The van der Waals surface area contributed by atoms with Crippen LogP contribution in [-0.2, 0) is 0 Å². The highest BCUT2D eigenvalue weighted by molar-refractivity contribution is 6.29.